The van der Waals surface area contributed by atoms with Gasteiger partial charge in [0.25, 0.3) is 0 Å². The molecule has 0 spiro atoms. The van der Waals surface area contributed by atoms with Crippen LogP contribution in [0.3, 0.4) is 0 Å². The molecular weight excluding hydrogens is 502 g/mol. The summed E-state index contributed by atoms with van der Waals surface area (Å²) in [6, 6.07) is 17.2. The fourth-order valence-corrected chi connectivity index (χ4v) is 4.98. The number of hydrogen-bond acceptors (Lipinski definition) is 0. The summed E-state index contributed by atoms with van der Waals surface area (Å²) in [6.07, 6.45) is 0. The Bertz CT molecular complexity index is 733. The Balaban J connectivity index is 2.17. The van der Waals surface area contributed by atoms with Gasteiger partial charge in [-0.15, -0.1) is 0 Å². The first-order valence-corrected chi connectivity index (χ1v) is 28.4. The van der Waals surface area contributed by atoms with Crippen LogP contribution in [0.4, 0.5) is 0 Å². The molecule has 2 rings (SSSR count). The molecular formula is C22H26Sn2. The molecule has 122 valence electrons. The first kappa shape index (κ1) is 19.5. The van der Waals surface area contributed by atoms with Crippen LogP contribution in [-0.2, 0) is 0 Å². The Kier molecular flexibility index (Phi) is 6.51. The van der Waals surface area contributed by atoms with E-state index in [2.05, 4.69) is 97.9 Å². The summed E-state index contributed by atoms with van der Waals surface area (Å²) in [6.45, 7) is 0. The van der Waals surface area contributed by atoms with E-state index < -0.39 is 36.8 Å². The van der Waals surface area contributed by atoms with E-state index in [1.807, 2.05) is 0 Å². The van der Waals surface area contributed by atoms with Gasteiger partial charge in [0.1, 0.15) is 0 Å². The zero-order valence-electron chi connectivity index (χ0n) is 15.6. The fourth-order valence-electron chi connectivity index (χ4n) is 2.01. The van der Waals surface area contributed by atoms with Gasteiger partial charge in [-0.3, -0.25) is 0 Å². The molecule has 2 aromatic carbocycles. The molecule has 24 heavy (non-hydrogen) atoms. The molecule has 0 fully saturated rings. The van der Waals surface area contributed by atoms with Crippen LogP contribution < -0.4 is 0 Å². The zero-order chi connectivity index (χ0) is 17.8. The van der Waals surface area contributed by atoms with E-state index in [-0.39, 0.29) is 0 Å². The van der Waals surface area contributed by atoms with Gasteiger partial charge in [0.05, 0.1) is 0 Å². The van der Waals surface area contributed by atoms with Crippen LogP contribution in [0.15, 0.2) is 48.5 Å². The Labute approximate surface area is 155 Å². The number of rotatable bonds is 1. The van der Waals surface area contributed by atoms with Crippen molar-refractivity contribution < 1.29 is 0 Å². The molecule has 2 heteroatoms. The standard InChI is InChI=1S/C16H8.6CH3.2Sn/c1-3-13-5-9-15(10-6-13)16-11-7-14(4-2)8-12-16;;;;;;;;/h5-12H;6*1H3;;. The normalized spacial score (nSPS) is 11.1. The third kappa shape index (κ3) is 6.96. The monoisotopic (exact) mass is 530 g/mol. The molecule has 0 bridgehead atoms. The maximum absolute atomic E-state index is 3.48. The molecule has 0 saturated carbocycles. The minimum atomic E-state index is -2.01. The molecule has 0 aliphatic rings. The van der Waals surface area contributed by atoms with Gasteiger partial charge in [-0.1, -0.05) is 0 Å². The molecule has 0 nitrogen and oxygen atoms in total. The van der Waals surface area contributed by atoms with E-state index in [9.17, 15) is 0 Å². The maximum atomic E-state index is 3.48. The number of benzene rings is 2. The molecule has 0 atom stereocenters. The van der Waals surface area contributed by atoms with Crippen LogP contribution in [-0.4, -0.2) is 36.8 Å². The molecule has 0 amide bonds. The van der Waals surface area contributed by atoms with Crippen molar-refractivity contribution in [3.63, 3.8) is 0 Å². The van der Waals surface area contributed by atoms with E-state index >= 15 is 0 Å². The van der Waals surface area contributed by atoms with Gasteiger partial charge in [-0.25, -0.2) is 0 Å². The summed E-state index contributed by atoms with van der Waals surface area (Å²) in [5, 5.41) is 0. The van der Waals surface area contributed by atoms with Gasteiger partial charge in [-0.05, 0) is 0 Å². The van der Waals surface area contributed by atoms with Gasteiger partial charge in [0.2, 0.25) is 0 Å². The van der Waals surface area contributed by atoms with Crippen molar-refractivity contribution in [2.45, 2.75) is 29.6 Å². The average Bonchev–Trinajstić information content (AvgIpc) is 2.51. The van der Waals surface area contributed by atoms with Crippen molar-refractivity contribution in [3.8, 4) is 30.8 Å². The molecule has 0 aromatic heterocycles. The van der Waals surface area contributed by atoms with Gasteiger partial charge in [0, 0.05) is 0 Å². The predicted molar refractivity (Wildman–Crippen MR) is 112 cm³/mol. The molecule has 2 aromatic rings. The molecule has 0 aliphatic carbocycles. The SMILES string of the molecule is [CH3][Sn]([CH3])([CH3])[C]#Cc1ccc(-c2ccc(C#[C][Sn]([CH3])([CH3])[CH3])cc2)cc1. The van der Waals surface area contributed by atoms with E-state index in [1.165, 1.54) is 11.1 Å². The Morgan fingerprint density at radius 2 is 0.792 bits per heavy atom. The van der Waals surface area contributed by atoms with Crippen molar-refractivity contribution in [1.29, 1.82) is 0 Å². The van der Waals surface area contributed by atoms with Gasteiger partial charge >= 0.3 is 157 Å². The topological polar surface area (TPSA) is 0 Å². The Hall–Kier alpha value is -0.843. The van der Waals surface area contributed by atoms with E-state index in [4.69, 9.17) is 0 Å². The minimum absolute atomic E-state index is 1.12. The summed E-state index contributed by atoms with van der Waals surface area (Å²) in [4.78, 5) is 14.0. The first-order chi connectivity index (χ1) is 11.1. The van der Waals surface area contributed by atoms with Crippen LogP contribution >= 0.6 is 0 Å². The van der Waals surface area contributed by atoms with E-state index in [0.29, 0.717) is 0 Å². The summed E-state index contributed by atoms with van der Waals surface area (Å²) in [7, 11) is 0. The molecule has 0 radical (unpaired) electrons. The second kappa shape index (κ2) is 8.02. The van der Waals surface area contributed by atoms with Crippen molar-refractivity contribution in [2.75, 3.05) is 0 Å². The summed E-state index contributed by atoms with van der Waals surface area (Å²) < 4.78 is 6.96. The Morgan fingerprint density at radius 3 is 1.04 bits per heavy atom. The second-order valence-corrected chi connectivity index (χ2v) is 35.3. The quantitative estimate of drug-likeness (QED) is 0.324. The Morgan fingerprint density at radius 1 is 0.500 bits per heavy atom. The molecule has 0 saturated heterocycles. The van der Waals surface area contributed by atoms with Crippen LogP contribution in [0, 0.1) is 19.7 Å². The average molecular weight is 528 g/mol. The van der Waals surface area contributed by atoms with Gasteiger partial charge < -0.3 is 0 Å². The van der Waals surface area contributed by atoms with Gasteiger partial charge in [-0.2, -0.15) is 0 Å². The van der Waals surface area contributed by atoms with Crippen LogP contribution in [0.5, 0.6) is 0 Å². The van der Waals surface area contributed by atoms with Crippen LogP contribution in [0.2, 0.25) is 29.6 Å². The van der Waals surface area contributed by atoms with E-state index in [0.717, 1.165) is 11.1 Å². The first-order valence-electron chi connectivity index (χ1n) is 8.39. The van der Waals surface area contributed by atoms with Crippen LogP contribution in [0.25, 0.3) is 11.1 Å². The summed E-state index contributed by atoms with van der Waals surface area (Å²) in [5.41, 5.74) is 4.69. The fraction of sp³-hybridized carbons (Fsp3) is 0.273. The van der Waals surface area contributed by atoms with Crippen molar-refractivity contribution >= 4 is 36.8 Å². The van der Waals surface area contributed by atoms with E-state index in [1.54, 1.807) is 0 Å². The second-order valence-electron chi connectivity index (χ2n) is 8.15. The van der Waals surface area contributed by atoms with Crippen molar-refractivity contribution in [1.82, 2.24) is 0 Å². The summed E-state index contributed by atoms with van der Waals surface area (Å²) in [5.74, 6) is 6.67. The van der Waals surface area contributed by atoms with Gasteiger partial charge in [0.15, 0.2) is 0 Å². The number of hydrogen-bond donors (Lipinski definition) is 0. The van der Waals surface area contributed by atoms with Crippen LogP contribution in [0.1, 0.15) is 11.1 Å². The third-order valence-corrected chi connectivity index (χ3v) is 8.26. The summed E-state index contributed by atoms with van der Waals surface area (Å²) >= 11 is -4.01. The molecule has 0 unspecified atom stereocenters. The molecule has 0 heterocycles. The predicted octanol–water partition coefficient (Wildman–Crippen LogP) is 5.81. The zero-order valence-corrected chi connectivity index (χ0v) is 21.3. The molecule has 0 aliphatic heterocycles. The molecule has 0 N–H and O–H groups in total. The van der Waals surface area contributed by atoms with Crippen molar-refractivity contribution in [3.05, 3.63) is 59.7 Å². The third-order valence-electron chi connectivity index (χ3n) is 3.27. The van der Waals surface area contributed by atoms with Crippen molar-refractivity contribution in [2.24, 2.45) is 0 Å².